The summed E-state index contributed by atoms with van der Waals surface area (Å²) in [4.78, 5) is 11.0. The average Bonchev–Trinajstić information content (AvgIpc) is 2.14. The van der Waals surface area contributed by atoms with Crippen LogP contribution in [-0.4, -0.2) is 30.1 Å². The summed E-state index contributed by atoms with van der Waals surface area (Å²) >= 11 is 0. The highest BCUT2D eigenvalue weighted by atomic mass is 15.2. The average molecular weight is 206 g/mol. The highest BCUT2D eigenvalue weighted by Gasteiger charge is 2.23. The summed E-state index contributed by atoms with van der Waals surface area (Å²) in [5.41, 5.74) is 0. The molecule has 1 saturated carbocycles. The van der Waals surface area contributed by atoms with Gasteiger partial charge in [-0.05, 0) is 26.2 Å². The quantitative estimate of drug-likeness (QED) is 0.819. The lowest BCUT2D eigenvalue weighted by molar-refractivity contribution is 0.399. The highest BCUT2D eigenvalue weighted by molar-refractivity contribution is 5.49. The van der Waals surface area contributed by atoms with Crippen LogP contribution in [0.3, 0.4) is 0 Å². The van der Waals surface area contributed by atoms with Crippen molar-refractivity contribution in [3.05, 3.63) is 11.9 Å². The van der Waals surface area contributed by atoms with Crippen LogP contribution in [0.5, 0.6) is 0 Å². The maximum Gasteiger partial charge on any atom is 0.134 e. The number of nitrogens with one attached hydrogen (secondary N) is 1. The zero-order valence-electron chi connectivity index (χ0n) is 9.62. The Hall–Kier alpha value is -1.32. The maximum absolute atomic E-state index is 4.46. The molecule has 4 nitrogen and oxygen atoms in total. The van der Waals surface area contributed by atoms with Crippen molar-refractivity contribution in [3.63, 3.8) is 0 Å². The van der Waals surface area contributed by atoms with Crippen molar-refractivity contribution in [1.29, 1.82) is 0 Å². The van der Waals surface area contributed by atoms with E-state index in [1.807, 2.05) is 20.0 Å². The third kappa shape index (κ3) is 2.03. The van der Waals surface area contributed by atoms with Gasteiger partial charge in [-0.2, -0.15) is 0 Å². The van der Waals surface area contributed by atoms with Crippen LogP contribution in [0.1, 0.15) is 25.1 Å². The molecule has 0 saturated heterocycles. The van der Waals surface area contributed by atoms with E-state index >= 15 is 0 Å². The van der Waals surface area contributed by atoms with Gasteiger partial charge in [0.15, 0.2) is 0 Å². The zero-order chi connectivity index (χ0) is 10.8. The minimum atomic E-state index is 0.670. The van der Waals surface area contributed by atoms with Crippen LogP contribution in [0.15, 0.2) is 6.07 Å². The number of rotatable bonds is 3. The van der Waals surface area contributed by atoms with Gasteiger partial charge in [0.25, 0.3) is 0 Å². The number of hydrogen-bond acceptors (Lipinski definition) is 4. The number of anilines is 2. The number of aromatic nitrogens is 2. The van der Waals surface area contributed by atoms with E-state index in [9.17, 15) is 0 Å². The lowest BCUT2D eigenvalue weighted by Crippen LogP contribution is -2.37. The predicted molar refractivity (Wildman–Crippen MR) is 62.4 cm³/mol. The molecule has 1 N–H and O–H groups in total. The van der Waals surface area contributed by atoms with Crippen molar-refractivity contribution in [3.8, 4) is 0 Å². The standard InChI is InChI=1S/C11H18N4/c1-8-13-10(12-2)7-11(14-8)15(3)9-5-4-6-9/h7,9H,4-6H2,1-3H3,(H,12,13,14). The Kier molecular flexibility index (Phi) is 2.75. The fraction of sp³-hybridized carbons (Fsp3) is 0.636. The monoisotopic (exact) mass is 206 g/mol. The predicted octanol–water partition coefficient (Wildman–Crippen LogP) is 1.82. The molecule has 0 atom stereocenters. The van der Waals surface area contributed by atoms with Crippen LogP contribution in [0.2, 0.25) is 0 Å². The second-order valence-corrected chi connectivity index (χ2v) is 4.10. The van der Waals surface area contributed by atoms with Gasteiger partial charge in [-0.15, -0.1) is 0 Å². The Morgan fingerprint density at radius 1 is 1.40 bits per heavy atom. The first-order valence-corrected chi connectivity index (χ1v) is 5.47. The van der Waals surface area contributed by atoms with E-state index in [0.29, 0.717) is 6.04 Å². The van der Waals surface area contributed by atoms with Crippen LogP contribution in [-0.2, 0) is 0 Å². The topological polar surface area (TPSA) is 41.0 Å². The highest BCUT2D eigenvalue weighted by Crippen LogP contribution is 2.27. The molecule has 0 unspecified atom stereocenters. The molecule has 2 rings (SSSR count). The zero-order valence-corrected chi connectivity index (χ0v) is 9.62. The fourth-order valence-electron chi connectivity index (χ4n) is 1.82. The minimum absolute atomic E-state index is 0.670. The van der Waals surface area contributed by atoms with E-state index in [2.05, 4.69) is 27.2 Å². The molecule has 1 aromatic rings. The van der Waals surface area contributed by atoms with Crippen LogP contribution < -0.4 is 10.2 Å². The molecule has 4 heteroatoms. The van der Waals surface area contributed by atoms with Crippen molar-refractivity contribution < 1.29 is 0 Å². The first kappa shape index (κ1) is 10.2. The molecule has 82 valence electrons. The summed E-state index contributed by atoms with van der Waals surface area (Å²) in [7, 11) is 4.00. The molecule has 1 fully saturated rings. The van der Waals surface area contributed by atoms with E-state index in [1.165, 1.54) is 19.3 Å². The molecule has 1 aliphatic rings. The third-order valence-electron chi connectivity index (χ3n) is 3.06. The van der Waals surface area contributed by atoms with Gasteiger partial charge < -0.3 is 10.2 Å². The van der Waals surface area contributed by atoms with Crippen molar-refractivity contribution in [2.75, 3.05) is 24.3 Å². The van der Waals surface area contributed by atoms with Crippen molar-refractivity contribution in [2.45, 2.75) is 32.2 Å². The number of nitrogens with zero attached hydrogens (tertiary/aromatic N) is 3. The lowest BCUT2D eigenvalue weighted by atomic mass is 9.92. The van der Waals surface area contributed by atoms with Crippen molar-refractivity contribution in [2.24, 2.45) is 0 Å². The Balaban J connectivity index is 2.22. The third-order valence-corrected chi connectivity index (χ3v) is 3.06. The maximum atomic E-state index is 4.46. The van der Waals surface area contributed by atoms with Crippen LogP contribution in [0.25, 0.3) is 0 Å². The molecular weight excluding hydrogens is 188 g/mol. The van der Waals surface area contributed by atoms with E-state index in [0.717, 1.165) is 17.5 Å². The molecule has 0 amide bonds. The number of aryl methyl sites for hydroxylation is 1. The second kappa shape index (κ2) is 4.04. The summed E-state index contributed by atoms with van der Waals surface area (Å²) < 4.78 is 0. The summed E-state index contributed by atoms with van der Waals surface area (Å²) in [6.45, 7) is 1.93. The SMILES string of the molecule is CNc1cc(N(C)C2CCC2)nc(C)n1. The van der Waals surface area contributed by atoms with Gasteiger partial charge in [0.05, 0.1) is 0 Å². The molecule has 0 aliphatic heterocycles. The van der Waals surface area contributed by atoms with Gasteiger partial charge in [0.1, 0.15) is 17.5 Å². The van der Waals surface area contributed by atoms with E-state index in [4.69, 9.17) is 0 Å². The van der Waals surface area contributed by atoms with E-state index < -0.39 is 0 Å². The molecule has 1 aromatic heterocycles. The molecule has 0 bridgehead atoms. The molecule has 1 aliphatic carbocycles. The van der Waals surface area contributed by atoms with Gasteiger partial charge in [-0.3, -0.25) is 0 Å². The molecule has 15 heavy (non-hydrogen) atoms. The molecule has 0 spiro atoms. The first-order valence-electron chi connectivity index (χ1n) is 5.47. The van der Waals surface area contributed by atoms with Crippen molar-refractivity contribution in [1.82, 2.24) is 9.97 Å². The molecular formula is C11H18N4. The second-order valence-electron chi connectivity index (χ2n) is 4.10. The Morgan fingerprint density at radius 3 is 2.67 bits per heavy atom. The fourth-order valence-corrected chi connectivity index (χ4v) is 1.82. The Bertz CT molecular complexity index is 346. The smallest absolute Gasteiger partial charge is 0.134 e. The normalized spacial score (nSPS) is 15.9. The van der Waals surface area contributed by atoms with Crippen LogP contribution in [0.4, 0.5) is 11.6 Å². The van der Waals surface area contributed by atoms with Crippen LogP contribution in [0, 0.1) is 6.92 Å². The summed E-state index contributed by atoms with van der Waals surface area (Å²) in [5.74, 6) is 2.74. The summed E-state index contributed by atoms with van der Waals surface area (Å²) in [6.07, 6.45) is 3.92. The summed E-state index contributed by atoms with van der Waals surface area (Å²) in [6, 6.07) is 2.68. The first-order chi connectivity index (χ1) is 7.20. The molecule has 1 heterocycles. The summed E-state index contributed by atoms with van der Waals surface area (Å²) in [5, 5.41) is 3.06. The Labute approximate surface area is 90.7 Å². The van der Waals surface area contributed by atoms with Gasteiger partial charge in [0.2, 0.25) is 0 Å². The molecule has 0 radical (unpaired) electrons. The minimum Gasteiger partial charge on any atom is -0.373 e. The molecule has 0 aromatic carbocycles. The largest absolute Gasteiger partial charge is 0.373 e. The van der Waals surface area contributed by atoms with Gasteiger partial charge in [-0.1, -0.05) is 0 Å². The number of hydrogen-bond donors (Lipinski definition) is 1. The van der Waals surface area contributed by atoms with E-state index in [1.54, 1.807) is 0 Å². The van der Waals surface area contributed by atoms with Gasteiger partial charge in [0, 0.05) is 26.2 Å². The van der Waals surface area contributed by atoms with Gasteiger partial charge >= 0.3 is 0 Å². The Morgan fingerprint density at radius 2 is 2.13 bits per heavy atom. The van der Waals surface area contributed by atoms with Crippen molar-refractivity contribution >= 4 is 11.6 Å². The van der Waals surface area contributed by atoms with Crippen LogP contribution >= 0.6 is 0 Å². The van der Waals surface area contributed by atoms with Gasteiger partial charge in [-0.25, -0.2) is 9.97 Å². The van der Waals surface area contributed by atoms with E-state index in [-0.39, 0.29) is 0 Å². The lowest BCUT2D eigenvalue weighted by Gasteiger charge is -2.35.